The highest BCUT2D eigenvalue weighted by Gasteiger charge is 2.32. The molecule has 1 saturated heterocycles. The summed E-state index contributed by atoms with van der Waals surface area (Å²) in [6.45, 7) is 3.01. The second kappa shape index (κ2) is 8.67. The molecular formula is C22H21F3N4O3S2. The van der Waals surface area contributed by atoms with E-state index in [4.69, 9.17) is 5.14 Å². The molecule has 2 heterocycles. The molecule has 180 valence electrons. The second-order valence-corrected chi connectivity index (χ2v) is 10.7. The fourth-order valence-electron chi connectivity index (χ4n) is 3.85. The lowest BCUT2D eigenvalue weighted by Crippen LogP contribution is -2.49. The van der Waals surface area contributed by atoms with Gasteiger partial charge in [-0.15, -0.1) is 0 Å². The van der Waals surface area contributed by atoms with Crippen molar-refractivity contribution in [2.45, 2.75) is 30.4 Å². The van der Waals surface area contributed by atoms with Gasteiger partial charge in [-0.3, -0.25) is 9.80 Å². The summed E-state index contributed by atoms with van der Waals surface area (Å²) < 4.78 is 65.2. The van der Waals surface area contributed by atoms with Crippen molar-refractivity contribution < 1.29 is 26.4 Å². The highest BCUT2D eigenvalue weighted by atomic mass is 32.2. The SMILES string of the molecule is Cc1nc(N2CCCN(c3ccc(-c4cc(F)ccc4C(C)(F)F)cc3)C2=O)sc1S(N)(=O)=O. The van der Waals surface area contributed by atoms with Gasteiger partial charge in [0.05, 0.1) is 5.69 Å². The van der Waals surface area contributed by atoms with Crippen LogP contribution in [0.1, 0.15) is 24.6 Å². The zero-order valence-corrected chi connectivity index (χ0v) is 19.9. The van der Waals surface area contributed by atoms with E-state index < -0.39 is 27.8 Å². The maximum Gasteiger partial charge on any atom is 0.330 e. The molecule has 3 aromatic rings. The first-order valence-electron chi connectivity index (χ1n) is 10.2. The zero-order chi connectivity index (χ0) is 24.8. The fourth-order valence-corrected chi connectivity index (χ4v) is 5.82. The first-order valence-corrected chi connectivity index (χ1v) is 12.6. The van der Waals surface area contributed by atoms with Crippen molar-refractivity contribution in [3.63, 3.8) is 0 Å². The Bertz CT molecular complexity index is 1350. The number of hydrogen-bond acceptors (Lipinski definition) is 5. The van der Waals surface area contributed by atoms with Gasteiger partial charge < -0.3 is 0 Å². The number of amides is 2. The van der Waals surface area contributed by atoms with Crippen LogP contribution in [0.3, 0.4) is 0 Å². The van der Waals surface area contributed by atoms with E-state index in [1.165, 1.54) is 16.7 Å². The lowest BCUT2D eigenvalue weighted by Gasteiger charge is -2.34. The van der Waals surface area contributed by atoms with Crippen LogP contribution in [0.2, 0.25) is 0 Å². The van der Waals surface area contributed by atoms with Gasteiger partial charge in [0.1, 0.15) is 5.82 Å². The van der Waals surface area contributed by atoms with E-state index in [0.717, 1.165) is 36.5 Å². The number of aromatic nitrogens is 1. The predicted molar refractivity (Wildman–Crippen MR) is 124 cm³/mol. The molecule has 1 aromatic heterocycles. The standard InChI is InChI=1S/C22H21F3N4O3S2/c1-13-19(34(26,31)32)33-20(27-13)29-11-3-10-28(21(29)30)16-7-4-14(5-8-16)17-12-15(23)6-9-18(17)22(2,24)25/h4-9,12H,3,10-11H2,1-2H3,(H2,26,31,32). The number of anilines is 2. The van der Waals surface area contributed by atoms with Gasteiger partial charge in [-0.25, -0.2) is 36.5 Å². The molecule has 2 N–H and O–H groups in total. The van der Waals surface area contributed by atoms with Gasteiger partial charge in [-0.1, -0.05) is 23.5 Å². The maximum absolute atomic E-state index is 14.0. The minimum absolute atomic E-state index is 0.0689. The lowest BCUT2D eigenvalue weighted by molar-refractivity contribution is 0.0180. The molecule has 0 bridgehead atoms. The van der Waals surface area contributed by atoms with Gasteiger partial charge in [0, 0.05) is 31.3 Å². The number of carbonyl (C=O) groups excluding carboxylic acids is 1. The smallest absolute Gasteiger partial charge is 0.294 e. The number of aryl methyl sites for hydroxylation is 1. The number of halogens is 3. The van der Waals surface area contributed by atoms with E-state index in [-0.39, 0.29) is 26.2 Å². The summed E-state index contributed by atoms with van der Waals surface area (Å²) >= 11 is 0.827. The fraction of sp³-hybridized carbons (Fsp3) is 0.273. The first kappa shape index (κ1) is 24.2. The second-order valence-electron chi connectivity index (χ2n) is 7.98. The summed E-state index contributed by atoms with van der Waals surface area (Å²) in [4.78, 5) is 20.2. The van der Waals surface area contributed by atoms with Crippen LogP contribution in [0.4, 0.5) is 28.8 Å². The number of rotatable bonds is 5. The quantitative estimate of drug-likeness (QED) is 0.531. The first-order chi connectivity index (χ1) is 15.9. The van der Waals surface area contributed by atoms with Gasteiger partial charge >= 0.3 is 6.03 Å². The summed E-state index contributed by atoms with van der Waals surface area (Å²) in [6.07, 6.45) is 0.590. The zero-order valence-electron chi connectivity index (χ0n) is 18.3. The molecule has 1 aliphatic rings. The van der Waals surface area contributed by atoms with E-state index in [9.17, 15) is 26.4 Å². The number of sulfonamides is 1. The topological polar surface area (TPSA) is 96.6 Å². The molecule has 0 atom stereocenters. The molecule has 12 heteroatoms. The Labute approximate surface area is 198 Å². The summed E-state index contributed by atoms with van der Waals surface area (Å²) in [5.74, 6) is -3.79. The number of nitrogens with zero attached hydrogens (tertiary/aromatic N) is 3. The van der Waals surface area contributed by atoms with Crippen LogP contribution in [0, 0.1) is 12.7 Å². The van der Waals surface area contributed by atoms with Crippen LogP contribution < -0.4 is 14.9 Å². The molecule has 34 heavy (non-hydrogen) atoms. The van der Waals surface area contributed by atoms with Crippen LogP contribution in [0.25, 0.3) is 11.1 Å². The molecule has 0 saturated carbocycles. The average Bonchev–Trinajstić information content (AvgIpc) is 3.15. The summed E-state index contributed by atoms with van der Waals surface area (Å²) in [7, 11) is -3.96. The Hall–Kier alpha value is -2.96. The van der Waals surface area contributed by atoms with Gasteiger partial charge in [-0.2, -0.15) is 0 Å². The van der Waals surface area contributed by atoms with Crippen molar-refractivity contribution >= 4 is 38.2 Å². The predicted octanol–water partition coefficient (Wildman–Crippen LogP) is 4.85. The number of primary sulfonamides is 1. The van der Waals surface area contributed by atoms with Crippen molar-refractivity contribution in [1.82, 2.24) is 4.98 Å². The van der Waals surface area contributed by atoms with Gasteiger partial charge in [-0.05, 0) is 54.8 Å². The monoisotopic (exact) mass is 510 g/mol. The molecule has 0 radical (unpaired) electrons. The molecule has 2 amide bonds. The number of carbonyl (C=O) groups is 1. The van der Waals surface area contributed by atoms with Crippen molar-refractivity contribution in [2.75, 3.05) is 22.9 Å². The molecule has 0 spiro atoms. The summed E-state index contributed by atoms with van der Waals surface area (Å²) in [5, 5.41) is 5.45. The van der Waals surface area contributed by atoms with Crippen molar-refractivity contribution in [3.8, 4) is 11.1 Å². The summed E-state index contributed by atoms with van der Waals surface area (Å²) in [5.41, 5.74) is 0.885. The van der Waals surface area contributed by atoms with Crippen LogP contribution in [0.5, 0.6) is 0 Å². The number of thiazole rings is 1. The minimum Gasteiger partial charge on any atom is -0.294 e. The van der Waals surface area contributed by atoms with Crippen molar-refractivity contribution in [2.24, 2.45) is 5.14 Å². The van der Waals surface area contributed by atoms with E-state index in [2.05, 4.69) is 4.98 Å². The number of alkyl halides is 2. The molecule has 1 aliphatic heterocycles. The van der Waals surface area contributed by atoms with E-state index in [0.29, 0.717) is 30.8 Å². The normalized spacial score (nSPS) is 15.2. The highest BCUT2D eigenvalue weighted by molar-refractivity contribution is 7.91. The number of hydrogen-bond donors (Lipinski definition) is 1. The van der Waals surface area contributed by atoms with Gasteiger partial charge in [0.25, 0.3) is 5.92 Å². The van der Waals surface area contributed by atoms with Crippen LogP contribution >= 0.6 is 11.3 Å². The van der Waals surface area contributed by atoms with Gasteiger partial charge in [0.15, 0.2) is 9.34 Å². The lowest BCUT2D eigenvalue weighted by atomic mass is 9.96. The minimum atomic E-state index is -3.96. The Morgan fingerprint density at radius 2 is 1.74 bits per heavy atom. The van der Waals surface area contributed by atoms with Crippen molar-refractivity contribution in [1.29, 1.82) is 0 Å². The molecule has 1 fully saturated rings. The Balaban J connectivity index is 1.63. The number of urea groups is 1. The molecule has 0 unspecified atom stereocenters. The Morgan fingerprint density at radius 3 is 2.32 bits per heavy atom. The third-order valence-corrected chi connectivity index (χ3v) is 8.14. The maximum atomic E-state index is 14.0. The van der Waals surface area contributed by atoms with E-state index in [1.807, 2.05) is 0 Å². The largest absolute Gasteiger partial charge is 0.330 e. The molecule has 7 nitrogen and oxygen atoms in total. The third-order valence-electron chi connectivity index (χ3n) is 5.40. The Kier molecular flexibility index (Phi) is 6.17. The molecule has 0 aliphatic carbocycles. The number of benzene rings is 2. The molecule has 4 rings (SSSR count). The van der Waals surface area contributed by atoms with E-state index >= 15 is 0 Å². The van der Waals surface area contributed by atoms with E-state index in [1.54, 1.807) is 24.3 Å². The van der Waals surface area contributed by atoms with Crippen molar-refractivity contribution in [3.05, 3.63) is 59.5 Å². The molecular weight excluding hydrogens is 489 g/mol. The Morgan fingerprint density at radius 1 is 1.09 bits per heavy atom. The number of nitrogens with two attached hydrogens (primary N) is 1. The van der Waals surface area contributed by atoms with Crippen LogP contribution in [-0.4, -0.2) is 32.5 Å². The highest BCUT2D eigenvalue weighted by Crippen LogP contribution is 2.37. The van der Waals surface area contributed by atoms with Gasteiger partial charge in [0.2, 0.25) is 10.0 Å². The summed E-state index contributed by atoms with van der Waals surface area (Å²) in [6, 6.07) is 9.02. The van der Waals surface area contributed by atoms with Crippen LogP contribution in [-0.2, 0) is 15.9 Å². The van der Waals surface area contributed by atoms with Crippen LogP contribution in [0.15, 0.2) is 46.7 Å². The average molecular weight is 511 g/mol. The third kappa shape index (κ3) is 4.65. The molecule has 2 aromatic carbocycles.